The Morgan fingerprint density at radius 1 is 1.50 bits per heavy atom. The predicted molar refractivity (Wildman–Crippen MR) is 77.8 cm³/mol. The third-order valence-corrected chi connectivity index (χ3v) is 4.26. The molecule has 0 radical (unpaired) electrons. The van der Waals surface area contributed by atoms with E-state index in [-0.39, 0.29) is 17.8 Å². The summed E-state index contributed by atoms with van der Waals surface area (Å²) in [5.41, 5.74) is 0.575. The van der Waals surface area contributed by atoms with E-state index < -0.39 is 0 Å². The van der Waals surface area contributed by atoms with Gasteiger partial charge in [-0.05, 0) is 44.8 Å². The minimum absolute atomic E-state index is 0.0904. The molecule has 2 unspecified atom stereocenters. The molecular formula is C16H23FN2O. The molecule has 1 aliphatic heterocycles. The Bertz CT molecular complexity index is 458. The van der Waals surface area contributed by atoms with E-state index in [0.29, 0.717) is 17.9 Å². The van der Waals surface area contributed by atoms with Gasteiger partial charge < -0.3 is 10.2 Å². The van der Waals surface area contributed by atoms with Gasteiger partial charge in [0.25, 0.3) is 0 Å². The SMILES string of the molecule is CC(c1ccccc1F)N(C)C(=O)CCC1CCNC1. The van der Waals surface area contributed by atoms with Gasteiger partial charge in [-0.25, -0.2) is 4.39 Å². The lowest BCUT2D eigenvalue weighted by Crippen LogP contribution is -2.30. The van der Waals surface area contributed by atoms with Crippen LogP contribution in [0.1, 0.15) is 37.8 Å². The van der Waals surface area contributed by atoms with Gasteiger partial charge in [-0.15, -0.1) is 0 Å². The minimum atomic E-state index is -0.250. The molecule has 0 saturated carbocycles. The van der Waals surface area contributed by atoms with E-state index in [9.17, 15) is 9.18 Å². The van der Waals surface area contributed by atoms with Crippen LogP contribution in [0.5, 0.6) is 0 Å². The van der Waals surface area contributed by atoms with Gasteiger partial charge in [0.05, 0.1) is 6.04 Å². The fourth-order valence-corrected chi connectivity index (χ4v) is 2.70. The second kappa shape index (κ2) is 6.84. The van der Waals surface area contributed by atoms with Crippen LogP contribution in [-0.4, -0.2) is 30.9 Å². The number of nitrogens with zero attached hydrogens (tertiary/aromatic N) is 1. The summed E-state index contributed by atoms with van der Waals surface area (Å²) in [5.74, 6) is 0.448. The van der Waals surface area contributed by atoms with Crippen molar-refractivity contribution < 1.29 is 9.18 Å². The largest absolute Gasteiger partial charge is 0.339 e. The molecule has 1 amide bonds. The highest BCUT2D eigenvalue weighted by Gasteiger charge is 2.21. The summed E-state index contributed by atoms with van der Waals surface area (Å²) in [5, 5.41) is 3.31. The zero-order valence-corrected chi connectivity index (χ0v) is 12.2. The maximum atomic E-state index is 13.7. The third-order valence-electron chi connectivity index (χ3n) is 4.26. The number of benzene rings is 1. The number of rotatable bonds is 5. The normalized spacial score (nSPS) is 19.9. The van der Waals surface area contributed by atoms with Gasteiger partial charge >= 0.3 is 0 Å². The first-order chi connectivity index (χ1) is 9.59. The van der Waals surface area contributed by atoms with Crippen molar-refractivity contribution in [3.63, 3.8) is 0 Å². The number of amides is 1. The number of carbonyl (C=O) groups is 1. The van der Waals surface area contributed by atoms with Crippen LogP contribution in [-0.2, 0) is 4.79 Å². The van der Waals surface area contributed by atoms with Crippen molar-refractivity contribution in [1.82, 2.24) is 10.2 Å². The van der Waals surface area contributed by atoms with Gasteiger partial charge in [-0.3, -0.25) is 4.79 Å². The fraction of sp³-hybridized carbons (Fsp3) is 0.562. The summed E-state index contributed by atoms with van der Waals surface area (Å²) in [6, 6.07) is 6.42. The quantitative estimate of drug-likeness (QED) is 0.898. The predicted octanol–water partition coefficient (Wildman–Crippen LogP) is 2.73. The Morgan fingerprint density at radius 2 is 2.25 bits per heavy atom. The summed E-state index contributed by atoms with van der Waals surface area (Å²) >= 11 is 0. The van der Waals surface area contributed by atoms with Crippen LogP contribution >= 0.6 is 0 Å². The van der Waals surface area contributed by atoms with E-state index in [1.807, 2.05) is 6.92 Å². The van der Waals surface area contributed by atoms with E-state index in [0.717, 1.165) is 25.9 Å². The van der Waals surface area contributed by atoms with Crippen LogP contribution < -0.4 is 5.32 Å². The minimum Gasteiger partial charge on any atom is -0.339 e. The van der Waals surface area contributed by atoms with Crippen molar-refractivity contribution >= 4 is 5.91 Å². The van der Waals surface area contributed by atoms with Gasteiger partial charge in [0, 0.05) is 19.0 Å². The number of hydrogen-bond donors (Lipinski definition) is 1. The first-order valence-corrected chi connectivity index (χ1v) is 7.30. The average Bonchev–Trinajstić information content (AvgIpc) is 2.97. The van der Waals surface area contributed by atoms with Crippen molar-refractivity contribution in [2.75, 3.05) is 20.1 Å². The number of hydrogen-bond acceptors (Lipinski definition) is 2. The van der Waals surface area contributed by atoms with Crippen molar-refractivity contribution in [2.45, 2.75) is 32.2 Å². The highest BCUT2D eigenvalue weighted by molar-refractivity contribution is 5.76. The summed E-state index contributed by atoms with van der Waals surface area (Å²) in [7, 11) is 1.76. The maximum absolute atomic E-state index is 13.7. The Balaban J connectivity index is 1.90. The van der Waals surface area contributed by atoms with E-state index in [1.54, 1.807) is 30.1 Å². The molecule has 1 aromatic rings. The average molecular weight is 278 g/mol. The van der Waals surface area contributed by atoms with Gasteiger partial charge in [-0.2, -0.15) is 0 Å². The molecule has 0 aromatic heterocycles. The lowest BCUT2D eigenvalue weighted by Gasteiger charge is -2.26. The molecular weight excluding hydrogens is 255 g/mol. The number of nitrogens with one attached hydrogen (secondary N) is 1. The van der Waals surface area contributed by atoms with Crippen LogP contribution in [0.3, 0.4) is 0 Å². The summed E-state index contributed by atoms with van der Waals surface area (Å²) in [6.07, 6.45) is 2.61. The Labute approximate surface area is 120 Å². The lowest BCUT2D eigenvalue weighted by atomic mass is 10.0. The molecule has 2 atom stereocenters. The molecule has 1 aliphatic rings. The number of halogens is 1. The third kappa shape index (κ3) is 3.57. The smallest absolute Gasteiger partial charge is 0.222 e. The first-order valence-electron chi connectivity index (χ1n) is 7.30. The van der Waals surface area contributed by atoms with E-state index in [2.05, 4.69) is 5.32 Å². The standard InChI is InChI=1S/C16H23FN2O/c1-12(14-5-3-4-6-15(14)17)19(2)16(20)8-7-13-9-10-18-11-13/h3-6,12-13,18H,7-11H2,1-2H3. The van der Waals surface area contributed by atoms with E-state index in [1.165, 1.54) is 6.07 Å². The fourth-order valence-electron chi connectivity index (χ4n) is 2.70. The topological polar surface area (TPSA) is 32.3 Å². The van der Waals surface area contributed by atoms with Crippen molar-refractivity contribution in [3.05, 3.63) is 35.6 Å². The molecule has 0 aliphatic carbocycles. The maximum Gasteiger partial charge on any atom is 0.222 e. The van der Waals surface area contributed by atoms with Gasteiger partial charge in [0.2, 0.25) is 5.91 Å². The van der Waals surface area contributed by atoms with Gasteiger partial charge in [0.15, 0.2) is 0 Å². The molecule has 0 spiro atoms. The second-order valence-corrected chi connectivity index (χ2v) is 5.60. The van der Waals surface area contributed by atoms with Crippen LogP contribution in [0.15, 0.2) is 24.3 Å². The van der Waals surface area contributed by atoms with Crippen LogP contribution in [0, 0.1) is 11.7 Å². The molecule has 1 aromatic carbocycles. The van der Waals surface area contributed by atoms with Crippen molar-refractivity contribution in [1.29, 1.82) is 0 Å². The highest BCUT2D eigenvalue weighted by atomic mass is 19.1. The molecule has 1 fully saturated rings. The Hall–Kier alpha value is -1.42. The van der Waals surface area contributed by atoms with Crippen molar-refractivity contribution in [3.8, 4) is 0 Å². The number of carbonyl (C=O) groups excluding carboxylic acids is 1. The molecule has 4 heteroatoms. The van der Waals surface area contributed by atoms with Crippen LogP contribution in [0.2, 0.25) is 0 Å². The zero-order chi connectivity index (χ0) is 14.5. The zero-order valence-electron chi connectivity index (χ0n) is 12.2. The molecule has 1 N–H and O–H groups in total. The molecule has 2 rings (SSSR count). The Morgan fingerprint density at radius 3 is 2.90 bits per heavy atom. The Kier molecular flexibility index (Phi) is 5.12. The van der Waals surface area contributed by atoms with E-state index in [4.69, 9.17) is 0 Å². The van der Waals surface area contributed by atoms with Gasteiger partial charge in [0.1, 0.15) is 5.82 Å². The van der Waals surface area contributed by atoms with Crippen LogP contribution in [0.4, 0.5) is 4.39 Å². The molecule has 110 valence electrons. The summed E-state index contributed by atoms with van der Waals surface area (Å²) in [4.78, 5) is 13.9. The highest BCUT2D eigenvalue weighted by Crippen LogP contribution is 2.23. The molecule has 0 bridgehead atoms. The summed E-state index contributed by atoms with van der Waals surface area (Å²) in [6.45, 7) is 3.94. The van der Waals surface area contributed by atoms with Gasteiger partial charge in [-0.1, -0.05) is 18.2 Å². The van der Waals surface area contributed by atoms with Crippen LogP contribution in [0.25, 0.3) is 0 Å². The van der Waals surface area contributed by atoms with E-state index >= 15 is 0 Å². The molecule has 20 heavy (non-hydrogen) atoms. The molecule has 1 saturated heterocycles. The lowest BCUT2D eigenvalue weighted by molar-refractivity contribution is -0.132. The molecule has 1 heterocycles. The monoisotopic (exact) mass is 278 g/mol. The first kappa shape index (κ1) is 15.0. The summed E-state index contributed by atoms with van der Waals surface area (Å²) < 4.78 is 13.7. The molecule has 3 nitrogen and oxygen atoms in total. The second-order valence-electron chi connectivity index (χ2n) is 5.60. The van der Waals surface area contributed by atoms with Crippen molar-refractivity contribution in [2.24, 2.45) is 5.92 Å².